The number of aliphatic carboxylic acids is 1. The van der Waals surface area contributed by atoms with Gasteiger partial charge in [-0.05, 0) is 19.9 Å². The first kappa shape index (κ1) is 15.9. The molecule has 20 heavy (non-hydrogen) atoms. The molecule has 1 aromatic carbocycles. The monoisotopic (exact) mass is 300 g/mol. The van der Waals surface area contributed by atoms with Crippen LogP contribution in [-0.4, -0.2) is 28.5 Å². The molecule has 0 spiro atoms. The second-order valence-electron chi connectivity index (χ2n) is 4.83. The van der Waals surface area contributed by atoms with E-state index >= 15 is 0 Å². The Labute approximate surface area is 119 Å². The number of nitro groups is 1. The highest BCUT2D eigenvalue weighted by Crippen LogP contribution is 2.21. The summed E-state index contributed by atoms with van der Waals surface area (Å²) in [5.74, 6) is -1.68. The van der Waals surface area contributed by atoms with Gasteiger partial charge in [0.25, 0.3) is 11.6 Å². The summed E-state index contributed by atoms with van der Waals surface area (Å²) in [6, 6.07) is 3.48. The van der Waals surface area contributed by atoms with E-state index in [1.807, 2.05) is 0 Å². The maximum Gasteiger partial charge on any atom is 0.310 e. The zero-order valence-electron chi connectivity index (χ0n) is 10.8. The van der Waals surface area contributed by atoms with Gasteiger partial charge in [-0.25, -0.2) is 0 Å². The normalized spacial score (nSPS) is 10.9. The van der Waals surface area contributed by atoms with Crippen molar-refractivity contribution in [3.8, 4) is 0 Å². The van der Waals surface area contributed by atoms with E-state index in [-0.39, 0.29) is 22.8 Å². The van der Waals surface area contributed by atoms with Crippen LogP contribution in [0.2, 0.25) is 5.02 Å². The SMILES string of the molecule is CC(C)(CNC(=O)c1cc(Cl)cc([N+](=O)[O-])c1)C(=O)O. The molecule has 1 amide bonds. The molecule has 0 saturated carbocycles. The van der Waals surface area contributed by atoms with Gasteiger partial charge in [0.1, 0.15) is 0 Å². The summed E-state index contributed by atoms with van der Waals surface area (Å²) in [7, 11) is 0. The Balaban J connectivity index is 2.88. The largest absolute Gasteiger partial charge is 0.481 e. The number of hydrogen-bond acceptors (Lipinski definition) is 4. The van der Waals surface area contributed by atoms with Crippen LogP contribution >= 0.6 is 11.6 Å². The van der Waals surface area contributed by atoms with Crippen molar-refractivity contribution in [2.24, 2.45) is 5.41 Å². The van der Waals surface area contributed by atoms with E-state index in [2.05, 4.69) is 5.32 Å². The first-order chi connectivity index (χ1) is 9.13. The topological polar surface area (TPSA) is 110 Å². The average molecular weight is 301 g/mol. The number of benzene rings is 1. The van der Waals surface area contributed by atoms with Crippen LogP contribution in [-0.2, 0) is 4.79 Å². The molecule has 0 aliphatic rings. The lowest BCUT2D eigenvalue weighted by Gasteiger charge is -2.19. The van der Waals surface area contributed by atoms with Crippen molar-refractivity contribution in [1.82, 2.24) is 5.32 Å². The predicted octanol–water partition coefficient (Wildman–Crippen LogP) is 2.09. The number of carbonyl (C=O) groups is 2. The number of halogens is 1. The highest BCUT2D eigenvalue weighted by atomic mass is 35.5. The van der Waals surface area contributed by atoms with Gasteiger partial charge in [0.15, 0.2) is 0 Å². The third-order valence-corrected chi connectivity index (χ3v) is 2.84. The van der Waals surface area contributed by atoms with E-state index in [0.717, 1.165) is 12.1 Å². The molecular formula is C12H13ClN2O5. The van der Waals surface area contributed by atoms with E-state index < -0.39 is 22.2 Å². The second kappa shape index (κ2) is 5.87. The predicted molar refractivity (Wildman–Crippen MR) is 71.9 cm³/mol. The van der Waals surface area contributed by atoms with Gasteiger partial charge in [-0.15, -0.1) is 0 Å². The molecule has 0 saturated heterocycles. The zero-order valence-corrected chi connectivity index (χ0v) is 11.6. The third-order valence-electron chi connectivity index (χ3n) is 2.63. The van der Waals surface area contributed by atoms with Gasteiger partial charge < -0.3 is 10.4 Å². The summed E-state index contributed by atoms with van der Waals surface area (Å²) in [6.45, 7) is 2.80. The number of nitro benzene ring substituents is 1. The van der Waals surface area contributed by atoms with Crippen molar-refractivity contribution in [3.05, 3.63) is 38.9 Å². The van der Waals surface area contributed by atoms with Crippen molar-refractivity contribution >= 4 is 29.2 Å². The summed E-state index contributed by atoms with van der Waals surface area (Å²) < 4.78 is 0. The lowest BCUT2D eigenvalue weighted by atomic mass is 9.94. The van der Waals surface area contributed by atoms with Gasteiger partial charge in [-0.3, -0.25) is 19.7 Å². The molecule has 0 heterocycles. The van der Waals surface area contributed by atoms with E-state index in [9.17, 15) is 19.7 Å². The van der Waals surface area contributed by atoms with E-state index in [4.69, 9.17) is 16.7 Å². The number of hydrogen-bond donors (Lipinski definition) is 2. The van der Waals surface area contributed by atoms with Gasteiger partial charge in [0, 0.05) is 29.3 Å². The molecule has 2 N–H and O–H groups in total. The molecule has 0 bridgehead atoms. The molecule has 0 fully saturated rings. The third kappa shape index (κ3) is 3.92. The number of carboxylic acids is 1. The van der Waals surface area contributed by atoms with Crippen molar-refractivity contribution in [1.29, 1.82) is 0 Å². The van der Waals surface area contributed by atoms with Crippen LogP contribution in [0.3, 0.4) is 0 Å². The standard InChI is InChI=1S/C12H13ClN2O5/c1-12(2,11(17)18)6-14-10(16)7-3-8(13)5-9(4-7)15(19)20/h3-5H,6H2,1-2H3,(H,14,16)(H,17,18). The molecule has 0 aliphatic heterocycles. The molecule has 0 aromatic heterocycles. The van der Waals surface area contributed by atoms with Crippen molar-refractivity contribution in [2.75, 3.05) is 6.54 Å². The van der Waals surface area contributed by atoms with Gasteiger partial charge >= 0.3 is 5.97 Å². The Morgan fingerprint density at radius 1 is 1.40 bits per heavy atom. The van der Waals surface area contributed by atoms with Gasteiger partial charge in [0.05, 0.1) is 10.3 Å². The lowest BCUT2D eigenvalue weighted by Crippen LogP contribution is -2.38. The summed E-state index contributed by atoms with van der Waals surface area (Å²) in [4.78, 5) is 32.8. The molecule has 0 aliphatic carbocycles. The fourth-order valence-electron chi connectivity index (χ4n) is 1.29. The zero-order chi connectivity index (χ0) is 15.5. The Kier molecular flexibility index (Phi) is 4.67. The number of nitrogens with zero attached hydrogens (tertiary/aromatic N) is 1. The quantitative estimate of drug-likeness (QED) is 0.639. The first-order valence-electron chi connectivity index (χ1n) is 5.60. The Morgan fingerprint density at radius 2 is 2.00 bits per heavy atom. The van der Waals surface area contributed by atoms with E-state index in [1.165, 1.54) is 19.9 Å². The summed E-state index contributed by atoms with van der Waals surface area (Å²) >= 11 is 5.70. The first-order valence-corrected chi connectivity index (χ1v) is 5.98. The van der Waals surface area contributed by atoms with Crippen LogP contribution in [0, 0.1) is 15.5 Å². The van der Waals surface area contributed by atoms with Crippen LogP contribution in [0.5, 0.6) is 0 Å². The molecule has 0 radical (unpaired) electrons. The fourth-order valence-corrected chi connectivity index (χ4v) is 1.52. The summed E-state index contributed by atoms with van der Waals surface area (Å²) in [5, 5.41) is 22.1. The van der Waals surface area contributed by atoms with Crippen LogP contribution in [0.4, 0.5) is 5.69 Å². The molecule has 108 valence electrons. The Hall–Kier alpha value is -2.15. The summed E-state index contributed by atoms with van der Waals surface area (Å²) in [6.07, 6.45) is 0. The second-order valence-corrected chi connectivity index (χ2v) is 5.26. The molecule has 1 aromatic rings. The van der Waals surface area contributed by atoms with Crippen molar-refractivity contribution < 1.29 is 19.6 Å². The number of carboxylic acid groups (broad SMARTS) is 1. The van der Waals surface area contributed by atoms with E-state index in [1.54, 1.807) is 0 Å². The maximum absolute atomic E-state index is 11.9. The average Bonchev–Trinajstić information content (AvgIpc) is 2.35. The van der Waals surface area contributed by atoms with Crippen LogP contribution in [0.25, 0.3) is 0 Å². The molecule has 8 heteroatoms. The van der Waals surface area contributed by atoms with Gasteiger partial charge in [-0.2, -0.15) is 0 Å². The molecule has 0 atom stereocenters. The maximum atomic E-state index is 11.9. The van der Waals surface area contributed by atoms with Crippen molar-refractivity contribution in [3.63, 3.8) is 0 Å². The number of carbonyl (C=O) groups excluding carboxylic acids is 1. The Morgan fingerprint density at radius 3 is 2.50 bits per heavy atom. The van der Waals surface area contributed by atoms with Crippen LogP contribution < -0.4 is 5.32 Å². The smallest absolute Gasteiger partial charge is 0.310 e. The summed E-state index contributed by atoms with van der Waals surface area (Å²) in [5.41, 5.74) is -1.44. The van der Waals surface area contributed by atoms with Gasteiger partial charge in [0.2, 0.25) is 0 Å². The molecular weight excluding hydrogens is 288 g/mol. The highest BCUT2D eigenvalue weighted by molar-refractivity contribution is 6.31. The molecule has 7 nitrogen and oxygen atoms in total. The lowest BCUT2D eigenvalue weighted by molar-refractivity contribution is -0.384. The number of rotatable bonds is 5. The van der Waals surface area contributed by atoms with Crippen LogP contribution in [0.15, 0.2) is 18.2 Å². The number of non-ortho nitro benzene ring substituents is 1. The fraction of sp³-hybridized carbons (Fsp3) is 0.333. The minimum absolute atomic E-state index is 0.00499. The minimum atomic E-state index is -1.14. The molecule has 0 unspecified atom stereocenters. The Bertz CT molecular complexity index is 571. The van der Waals surface area contributed by atoms with Crippen molar-refractivity contribution in [2.45, 2.75) is 13.8 Å². The number of amides is 1. The van der Waals surface area contributed by atoms with Gasteiger partial charge in [-0.1, -0.05) is 11.6 Å². The minimum Gasteiger partial charge on any atom is -0.481 e. The highest BCUT2D eigenvalue weighted by Gasteiger charge is 2.28. The van der Waals surface area contributed by atoms with Crippen LogP contribution in [0.1, 0.15) is 24.2 Å². The number of nitrogens with one attached hydrogen (secondary N) is 1. The van der Waals surface area contributed by atoms with E-state index in [0.29, 0.717) is 0 Å². The molecule has 1 rings (SSSR count).